The molecule has 2 aromatic carbocycles. The lowest BCUT2D eigenvalue weighted by molar-refractivity contribution is -0.113. The normalized spacial score (nSPS) is 15.8. The third-order valence-electron chi connectivity index (χ3n) is 3.58. The minimum atomic E-state index is -0.410. The zero-order valence-electron chi connectivity index (χ0n) is 13.9. The lowest BCUT2D eigenvalue weighted by Crippen LogP contribution is -2.27. The molecule has 0 saturated carbocycles. The molecular formula is C19H15BrFNO2S2. The van der Waals surface area contributed by atoms with Gasteiger partial charge in [0.05, 0.1) is 21.7 Å². The number of hydrogen-bond donors (Lipinski definition) is 0. The third-order valence-corrected chi connectivity index (χ3v) is 5.50. The molecule has 7 heteroatoms. The summed E-state index contributed by atoms with van der Waals surface area (Å²) in [5.41, 5.74) is 1.28. The molecule has 0 atom stereocenters. The van der Waals surface area contributed by atoms with Gasteiger partial charge >= 0.3 is 0 Å². The molecule has 1 amide bonds. The number of hydrogen-bond acceptors (Lipinski definition) is 4. The van der Waals surface area contributed by atoms with Gasteiger partial charge in [-0.1, -0.05) is 43.0 Å². The topological polar surface area (TPSA) is 29.5 Å². The zero-order chi connectivity index (χ0) is 18.7. The summed E-state index contributed by atoms with van der Waals surface area (Å²) in [4.78, 5) is 14.6. The molecule has 3 rings (SSSR count). The van der Waals surface area contributed by atoms with Crippen molar-refractivity contribution in [1.29, 1.82) is 0 Å². The molecule has 0 bridgehead atoms. The molecular weight excluding hydrogens is 437 g/mol. The fourth-order valence-corrected chi connectivity index (χ4v) is 4.20. The van der Waals surface area contributed by atoms with Crippen molar-refractivity contribution in [3.8, 4) is 5.75 Å². The van der Waals surface area contributed by atoms with Gasteiger partial charge in [-0.15, -0.1) is 0 Å². The first-order valence-corrected chi connectivity index (χ1v) is 9.97. The largest absolute Gasteiger partial charge is 0.492 e. The maximum absolute atomic E-state index is 13.5. The number of carbonyl (C=O) groups excluding carboxylic acids is 1. The first-order valence-electron chi connectivity index (χ1n) is 7.95. The summed E-state index contributed by atoms with van der Waals surface area (Å²) in [7, 11) is 0. The Morgan fingerprint density at radius 1 is 1.31 bits per heavy atom. The molecule has 3 nitrogen and oxygen atoms in total. The van der Waals surface area contributed by atoms with Crippen molar-refractivity contribution in [3.05, 3.63) is 63.2 Å². The molecule has 1 aliphatic heterocycles. The molecule has 1 fully saturated rings. The molecule has 1 aliphatic rings. The highest BCUT2D eigenvalue weighted by Crippen LogP contribution is 2.37. The van der Waals surface area contributed by atoms with E-state index in [0.717, 1.165) is 22.2 Å². The first-order chi connectivity index (χ1) is 12.5. The van der Waals surface area contributed by atoms with Gasteiger partial charge in [-0.25, -0.2) is 4.39 Å². The molecule has 0 unspecified atom stereocenters. The number of thiocarbonyl (C=S) groups is 1. The summed E-state index contributed by atoms with van der Waals surface area (Å²) in [5.74, 6) is 0.0940. The van der Waals surface area contributed by atoms with Crippen LogP contribution in [0.4, 0.5) is 10.1 Å². The predicted octanol–water partition coefficient (Wildman–Crippen LogP) is 5.78. The van der Waals surface area contributed by atoms with Crippen LogP contribution in [0.5, 0.6) is 5.75 Å². The fraction of sp³-hybridized carbons (Fsp3) is 0.158. The van der Waals surface area contributed by atoms with Crippen LogP contribution in [0, 0.1) is 5.82 Å². The second-order valence-electron chi connectivity index (χ2n) is 5.54. The van der Waals surface area contributed by atoms with Gasteiger partial charge < -0.3 is 4.74 Å². The van der Waals surface area contributed by atoms with Gasteiger partial charge in [-0.3, -0.25) is 9.69 Å². The maximum atomic E-state index is 13.5. The molecule has 2 aromatic rings. The van der Waals surface area contributed by atoms with Crippen LogP contribution in [-0.2, 0) is 4.79 Å². The van der Waals surface area contributed by atoms with E-state index in [9.17, 15) is 9.18 Å². The summed E-state index contributed by atoms with van der Waals surface area (Å²) in [6.45, 7) is 2.69. The van der Waals surface area contributed by atoms with Gasteiger partial charge in [0.25, 0.3) is 5.91 Å². The van der Waals surface area contributed by atoms with Crippen LogP contribution in [0.15, 0.2) is 51.8 Å². The van der Waals surface area contributed by atoms with E-state index in [1.54, 1.807) is 18.2 Å². The van der Waals surface area contributed by atoms with Crippen LogP contribution in [-0.4, -0.2) is 16.8 Å². The molecule has 134 valence electrons. The van der Waals surface area contributed by atoms with Crippen LogP contribution in [0.2, 0.25) is 0 Å². The summed E-state index contributed by atoms with van der Waals surface area (Å²) in [6.07, 6.45) is 2.70. The molecule has 26 heavy (non-hydrogen) atoms. The summed E-state index contributed by atoms with van der Waals surface area (Å²) >= 11 is 9.99. The minimum Gasteiger partial charge on any atom is -0.492 e. The van der Waals surface area contributed by atoms with Gasteiger partial charge in [0.1, 0.15) is 11.6 Å². The van der Waals surface area contributed by atoms with E-state index in [2.05, 4.69) is 15.9 Å². The van der Waals surface area contributed by atoms with Crippen molar-refractivity contribution in [2.75, 3.05) is 11.5 Å². The Hall–Kier alpha value is -1.70. The Labute approximate surface area is 169 Å². The van der Waals surface area contributed by atoms with Crippen molar-refractivity contribution >= 4 is 61.9 Å². The van der Waals surface area contributed by atoms with E-state index in [1.807, 2.05) is 25.1 Å². The van der Waals surface area contributed by atoms with Gasteiger partial charge in [-0.2, -0.15) is 0 Å². The van der Waals surface area contributed by atoms with Gasteiger partial charge in [0.15, 0.2) is 4.32 Å². The SMILES string of the molecule is CCCOc1ccc(/C=C2/SC(=S)N(c3cccc(F)c3)C2=O)cc1Br. The summed E-state index contributed by atoms with van der Waals surface area (Å²) < 4.78 is 20.3. The van der Waals surface area contributed by atoms with Crippen LogP contribution in [0.1, 0.15) is 18.9 Å². The average molecular weight is 452 g/mol. The van der Waals surface area contributed by atoms with Crippen molar-refractivity contribution in [1.82, 2.24) is 0 Å². The number of carbonyl (C=O) groups is 1. The third kappa shape index (κ3) is 4.16. The van der Waals surface area contributed by atoms with Crippen LogP contribution >= 0.6 is 39.9 Å². The van der Waals surface area contributed by atoms with E-state index in [4.69, 9.17) is 17.0 Å². The predicted molar refractivity (Wildman–Crippen MR) is 112 cm³/mol. The quantitative estimate of drug-likeness (QED) is 0.425. The molecule has 0 N–H and O–H groups in total. The highest BCUT2D eigenvalue weighted by molar-refractivity contribution is 9.10. The van der Waals surface area contributed by atoms with Crippen molar-refractivity contribution in [3.63, 3.8) is 0 Å². The fourth-order valence-electron chi connectivity index (χ4n) is 2.39. The average Bonchev–Trinajstić information content (AvgIpc) is 2.88. The number of benzene rings is 2. The summed E-state index contributed by atoms with van der Waals surface area (Å²) in [6, 6.07) is 11.5. The number of nitrogens with zero attached hydrogens (tertiary/aromatic N) is 1. The van der Waals surface area contributed by atoms with E-state index >= 15 is 0 Å². The number of rotatable bonds is 5. The summed E-state index contributed by atoms with van der Waals surface area (Å²) in [5, 5.41) is 0. The second kappa shape index (κ2) is 8.33. The monoisotopic (exact) mass is 451 g/mol. The zero-order valence-corrected chi connectivity index (χ0v) is 17.1. The van der Waals surface area contributed by atoms with Gasteiger partial charge in [0.2, 0.25) is 0 Å². The molecule has 0 aliphatic carbocycles. The Kier molecular flexibility index (Phi) is 6.11. The van der Waals surface area contributed by atoms with Crippen molar-refractivity contribution in [2.24, 2.45) is 0 Å². The Morgan fingerprint density at radius 3 is 2.81 bits per heavy atom. The lowest BCUT2D eigenvalue weighted by Gasteiger charge is -2.14. The number of amides is 1. The minimum absolute atomic E-state index is 0.256. The number of thioether (sulfide) groups is 1. The first kappa shape index (κ1) is 19.1. The van der Waals surface area contributed by atoms with Crippen LogP contribution < -0.4 is 9.64 Å². The number of anilines is 1. The Morgan fingerprint density at radius 2 is 2.12 bits per heavy atom. The van der Waals surface area contributed by atoms with Crippen LogP contribution in [0.25, 0.3) is 6.08 Å². The Balaban J connectivity index is 1.85. The van der Waals surface area contributed by atoms with Crippen LogP contribution in [0.3, 0.4) is 0 Å². The molecule has 1 heterocycles. The molecule has 0 spiro atoms. The number of halogens is 2. The van der Waals surface area contributed by atoms with Crippen molar-refractivity contribution in [2.45, 2.75) is 13.3 Å². The van der Waals surface area contributed by atoms with Gasteiger partial charge in [-0.05, 0) is 64.3 Å². The number of ether oxygens (including phenoxy) is 1. The molecule has 0 aromatic heterocycles. The smallest absolute Gasteiger partial charge is 0.270 e. The maximum Gasteiger partial charge on any atom is 0.270 e. The Bertz CT molecular complexity index is 901. The van der Waals surface area contributed by atoms with Crippen molar-refractivity contribution < 1.29 is 13.9 Å². The van der Waals surface area contributed by atoms with Gasteiger partial charge in [0, 0.05) is 0 Å². The standard InChI is InChI=1S/C19H15BrFNO2S2/c1-2-8-24-16-7-6-12(9-15(16)20)10-17-18(23)22(19(25)26-17)14-5-3-4-13(21)11-14/h3-7,9-11H,2,8H2,1H3/b17-10+. The highest BCUT2D eigenvalue weighted by atomic mass is 79.9. The molecule has 0 radical (unpaired) electrons. The highest BCUT2D eigenvalue weighted by Gasteiger charge is 2.33. The van der Waals surface area contributed by atoms with E-state index in [1.165, 1.54) is 28.8 Å². The van der Waals surface area contributed by atoms with E-state index < -0.39 is 5.82 Å². The van der Waals surface area contributed by atoms with E-state index in [-0.39, 0.29) is 5.91 Å². The molecule has 1 saturated heterocycles. The van der Waals surface area contributed by atoms with E-state index in [0.29, 0.717) is 21.5 Å². The second-order valence-corrected chi connectivity index (χ2v) is 8.07. The lowest BCUT2D eigenvalue weighted by atomic mass is 10.2.